The number of hydrogen-bond acceptors (Lipinski definition) is 4. The van der Waals surface area contributed by atoms with Crippen molar-refractivity contribution in [3.8, 4) is 22.8 Å². The molecule has 0 aliphatic carbocycles. The summed E-state index contributed by atoms with van der Waals surface area (Å²) in [7, 11) is 0. The van der Waals surface area contributed by atoms with E-state index in [1.54, 1.807) is 6.08 Å². The van der Waals surface area contributed by atoms with Crippen LogP contribution in [0.4, 0.5) is 5.13 Å². The Balaban J connectivity index is 1.38. The minimum absolute atomic E-state index is 0.207. The summed E-state index contributed by atoms with van der Waals surface area (Å²) in [4.78, 5) is 16.6. The van der Waals surface area contributed by atoms with Gasteiger partial charge in [0, 0.05) is 17.0 Å². The molecule has 0 aliphatic rings. The molecule has 1 N–H and O–H groups in total. The van der Waals surface area contributed by atoms with Crippen LogP contribution in [0.25, 0.3) is 17.3 Å². The van der Waals surface area contributed by atoms with Crippen molar-refractivity contribution in [3.05, 3.63) is 102 Å². The Hall–Kier alpha value is -3.70. The van der Waals surface area contributed by atoms with E-state index in [0.717, 1.165) is 28.3 Å². The third-order valence-electron chi connectivity index (χ3n) is 4.09. The molecule has 29 heavy (non-hydrogen) atoms. The molecule has 0 saturated heterocycles. The number of ether oxygens (including phenoxy) is 1. The van der Waals surface area contributed by atoms with Gasteiger partial charge in [-0.2, -0.15) is 0 Å². The van der Waals surface area contributed by atoms with Crippen LogP contribution in [-0.4, -0.2) is 10.9 Å². The number of nitrogens with zero attached hydrogens (tertiary/aromatic N) is 1. The average Bonchev–Trinajstić information content (AvgIpc) is 3.23. The zero-order chi connectivity index (χ0) is 19.9. The molecule has 4 nitrogen and oxygen atoms in total. The fourth-order valence-corrected chi connectivity index (χ4v) is 3.39. The van der Waals surface area contributed by atoms with E-state index in [-0.39, 0.29) is 5.91 Å². The zero-order valence-electron chi connectivity index (χ0n) is 15.5. The molecule has 0 bridgehead atoms. The summed E-state index contributed by atoms with van der Waals surface area (Å²) in [5.41, 5.74) is 2.74. The van der Waals surface area contributed by atoms with Crippen LogP contribution < -0.4 is 10.1 Å². The summed E-state index contributed by atoms with van der Waals surface area (Å²) in [6.45, 7) is 0. The Bertz CT molecular complexity index is 1100. The molecular weight excluding hydrogens is 380 g/mol. The molecule has 1 aromatic heterocycles. The molecule has 0 atom stereocenters. The molecule has 4 aromatic rings. The van der Waals surface area contributed by atoms with E-state index in [1.807, 2.05) is 90.3 Å². The maximum absolute atomic E-state index is 12.1. The maximum Gasteiger partial charge on any atom is 0.250 e. The zero-order valence-corrected chi connectivity index (χ0v) is 16.3. The Kier molecular flexibility index (Phi) is 5.78. The first-order valence-electron chi connectivity index (χ1n) is 9.09. The molecular formula is C24H18N2O2S. The first-order chi connectivity index (χ1) is 14.3. The van der Waals surface area contributed by atoms with Crippen molar-refractivity contribution >= 4 is 28.5 Å². The van der Waals surface area contributed by atoms with E-state index in [9.17, 15) is 4.79 Å². The van der Waals surface area contributed by atoms with Gasteiger partial charge in [0.15, 0.2) is 5.13 Å². The Morgan fingerprint density at radius 3 is 2.24 bits per heavy atom. The number of benzene rings is 3. The number of thiazole rings is 1. The SMILES string of the molecule is O=C(/C=C/c1ccccc1)Nc1nc(-c2ccc(Oc3ccccc3)cc2)cs1. The summed E-state index contributed by atoms with van der Waals surface area (Å²) >= 11 is 1.39. The quantitative estimate of drug-likeness (QED) is 0.390. The molecule has 4 rings (SSSR count). The Morgan fingerprint density at radius 1 is 0.862 bits per heavy atom. The van der Waals surface area contributed by atoms with Gasteiger partial charge < -0.3 is 4.74 Å². The number of anilines is 1. The van der Waals surface area contributed by atoms with Crippen LogP contribution in [-0.2, 0) is 4.79 Å². The number of carbonyl (C=O) groups is 1. The number of rotatable bonds is 6. The van der Waals surface area contributed by atoms with Gasteiger partial charge in [0.1, 0.15) is 11.5 Å². The minimum atomic E-state index is -0.207. The van der Waals surface area contributed by atoms with Crippen molar-refractivity contribution < 1.29 is 9.53 Å². The number of nitrogens with one attached hydrogen (secondary N) is 1. The number of aromatic nitrogens is 1. The van der Waals surface area contributed by atoms with Crippen LogP contribution in [0.3, 0.4) is 0 Å². The molecule has 1 amide bonds. The maximum atomic E-state index is 12.1. The Labute approximate surface area is 173 Å². The van der Waals surface area contributed by atoms with Gasteiger partial charge in [-0.15, -0.1) is 11.3 Å². The second-order valence-corrected chi connectivity index (χ2v) is 7.07. The fraction of sp³-hybridized carbons (Fsp3) is 0. The van der Waals surface area contributed by atoms with Gasteiger partial charge in [-0.1, -0.05) is 48.5 Å². The molecule has 3 aromatic carbocycles. The minimum Gasteiger partial charge on any atom is -0.457 e. The normalized spacial score (nSPS) is 10.8. The molecule has 1 heterocycles. The summed E-state index contributed by atoms with van der Waals surface area (Å²) in [5.74, 6) is 1.35. The lowest BCUT2D eigenvalue weighted by Crippen LogP contribution is -2.07. The van der Waals surface area contributed by atoms with Crippen molar-refractivity contribution in [2.75, 3.05) is 5.32 Å². The number of carbonyl (C=O) groups excluding carboxylic acids is 1. The molecule has 142 valence electrons. The lowest BCUT2D eigenvalue weighted by Gasteiger charge is -2.05. The van der Waals surface area contributed by atoms with E-state index in [2.05, 4.69) is 10.3 Å². The Morgan fingerprint density at radius 2 is 1.52 bits per heavy atom. The average molecular weight is 398 g/mol. The third-order valence-corrected chi connectivity index (χ3v) is 4.85. The smallest absolute Gasteiger partial charge is 0.250 e. The van der Waals surface area contributed by atoms with Gasteiger partial charge in [0.25, 0.3) is 0 Å². The summed E-state index contributed by atoms with van der Waals surface area (Å²) in [6.07, 6.45) is 3.28. The van der Waals surface area contributed by atoms with Crippen molar-refractivity contribution in [3.63, 3.8) is 0 Å². The predicted molar refractivity (Wildman–Crippen MR) is 118 cm³/mol. The largest absolute Gasteiger partial charge is 0.457 e. The predicted octanol–water partition coefficient (Wildman–Crippen LogP) is 6.25. The second kappa shape index (κ2) is 8.99. The van der Waals surface area contributed by atoms with Crippen LogP contribution in [0.2, 0.25) is 0 Å². The lowest BCUT2D eigenvalue weighted by atomic mass is 10.2. The van der Waals surface area contributed by atoms with Crippen molar-refractivity contribution in [1.82, 2.24) is 4.98 Å². The van der Waals surface area contributed by atoms with Gasteiger partial charge in [0.2, 0.25) is 5.91 Å². The highest BCUT2D eigenvalue weighted by atomic mass is 32.1. The number of para-hydroxylation sites is 1. The van der Waals surface area contributed by atoms with Crippen LogP contribution in [0.1, 0.15) is 5.56 Å². The molecule has 0 aliphatic heterocycles. The van der Waals surface area contributed by atoms with Crippen LogP contribution in [0.5, 0.6) is 11.5 Å². The van der Waals surface area contributed by atoms with E-state index in [0.29, 0.717) is 5.13 Å². The van der Waals surface area contributed by atoms with Crippen LogP contribution in [0, 0.1) is 0 Å². The third kappa shape index (κ3) is 5.18. The second-order valence-electron chi connectivity index (χ2n) is 6.21. The first-order valence-corrected chi connectivity index (χ1v) is 9.97. The topological polar surface area (TPSA) is 51.2 Å². The molecule has 0 unspecified atom stereocenters. The van der Waals surface area contributed by atoms with E-state index < -0.39 is 0 Å². The van der Waals surface area contributed by atoms with E-state index >= 15 is 0 Å². The monoisotopic (exact) mass is 398 g/mol. The molecule has 0 fully saturated rings. The molecule has 0 spiro atoms. The lowest BCUT2D eigenvalue weighted by molar-refractivity contribution is -0.111. The van der Waals surface area contributed by atoms with E-state index in [1.165, 1.54) is 17.4 Å². The van der Waals surface area contributed by atoms with Crippen molar-refractivity contribution in [2.45, 2.75) is 0 Å². The van der Waals surface area contributed by atoms with Gasteiger partial charge in [-0.05, 0) is 48.0 Å². The van der Waals surface area contributed by atoms with Gasteiger partial charge in [-0.25, -0.2) is 4.98 Å². The highest BCUT2D eigenvalue weighted by molar-refractivity contribution is 7.14. The van der Waals surface area contributed by atoms with Crippen molar-refractivity contribution in [2.24, 2.45) is 0 Å². The highest BCUT2D eigenvalue weighted by Crippen LogP contribution is 2.28. The summed E-state index contributed by atoms with van der Waals surface area (Å²) in [6, 6.07) is 27.0. The number of hydrogen-bond donors (Lipinski definition) is 1. The van der Waals surface area contributed by atoms with Crippen LogP contribution >= 0.6 is 11.3 Å². The number of amides is 1. The summed E-state index contributed by atoms with van der Waals surface area (Å²) < 4.78 is 5.81. The highest BCUT2D eigenvalue weighted by Gasteiger charge is 2.07. The van der Waals surface area contributed by atoms with Gasteiger partial charge >= 0.3 is 0 Å². The summed E-state index contributed by atoms with van der Waals surface area (Å²) in [5, 5.41) is 5.29. The standard InChI is InChI=1S/C24H18N2O2S/c27-23(16-11-18-7-3-1-4-8-18)26-24-25-22(17-29-24)19-12-14-21(15-13-19)28-20-9-5-2-6-10-20/h1-17H,(H,25,26,27)/b16-11+. The van der Waals surface area contributed by atoms with Crippen LogP contribution in [0.15, 0.2) is 96.4 Å². The van der Waals surface area contributed by atoms with Crippen molar-refractivity contribution in [1.29, 1.82) is 0 Å². The molecule has 0 saturated carbocycles. The molecule has 0 radical (unpaired) electrons. The first kappa shape index (κ1) is 18.7. The fourth-order valence-electron chi connectivity index (χ4n) is 2.67. The molecule has 5 heteroatoms. The van der Waals surface area contributed by atoms with E-state index in [4.69, 9.17) is 4.74 Å². The van der Waals surface area contributed by atoms with Gasteiger partial charge in [0.05, 0.1) is 5.69 Å². The van der Waals surface area contributed by atoms with Gasteiger partial charge in [-0.3, -0.25) is 10.1 Å².